The highest BCUT2D eigenvalue weighted by atomic mass is 32.1. The maximum Gasteiger partial charge on any atom is 0.252 e. The first-order valence-electron chi connectivity index (χ1n) is 10.0. The molecule has 3 heterocycles. The van der Waals surface area contributed by atoms with Gasteiger partial charge in [0.1, 0.15) is 6.04 Å². The number of pyridine rings is 1. The Morgan fingerprint density at radius 1 is 1.31 bits per heavy atom. The van der Waals surface area contributed by atoms with Gasteiger partial charge in [0.15, 0.2) is 5.13 Å². The SMILES string of the molecule is Cc1cc(-c2cn[nH]c2)cc(=O)n1[C@@H](CC1CCCCC1)C(=O)Nc1nccs1. The summed E-state index contributed by atoms with van der Waals surface area (Å²) in [6.07, 6.45) is 11.6. The first-order chi connectivity index (χ1) is 14.1. The van der Waals surface area contributed by atoms with Gasteiger partial charge in [-0.2, -0.15) is 5.10 Å². The van der Waals surface area contributed by atoms with Gasteiger partial charge in [-0.1, -0.05) is 32.1 Å². The Bertz CT molecular complexity index is 1000. The molecule has 1 fully saturated rings. The molecular formula is C21H25N5O2S. The predicted octanol–water partition coefficient (Wildman–Crippen LogP) is 4.15. The van der Waals surface area contributed by atoms with Crippen LogP contribution in [0, 0.1) is 12.8 Å². The molecule has 0 unspecified atom stereocenters. The van der Waals surface area contributed by atoms with Crippen LogP contribution in [0.25, 0.3) is 11.1 Å². The van der Waals surface area contributed by atoms with E-state index in [1.54, 1.807) is 29.2 Å². The molecule has 0 radical (unpaired) electrons. The fourth-order valence-corrected chi connectivity index (χ4v) is 4.76. The highest BCUT2D eigenvalue weighted by Crippen LogP contribution is 2.32. The third-order valence-electron chi connectivity index (χ3n) is 5.65. The van der Waals surface area contributed by atoms with Gasteiger partial charge in [-0.05, 0) is 30.9 Å². The molecule has 1 aliphatic rings. The lowest BCUT2D eigenvalue weighted by molar-refractivity contribution is -0.120. The van der Waals surface area contributed by atoms with Crippen LogP contribution in [-0.2, 0) is 4.79 Å². The van der Waals surface area contributed by atoms with Crippen molar-refractivity contribution in [2.24, 2.45) is 5.92 Å². The largest absolute Gasteiger partial charge is 0.300 e. The number of hydrogen-bond donors (Lipinski definition) is 2. The lowest BCUT2D eigenvalue weighted by Gasteiger charge is -2.28. The number of amides is 1. The van der Waals surface area contributed by atoms with Crippen LogP contribution in [-0.4, -0.2) is 25.7 Å². The number of anilines is 1. The minimum atomic E-state index is -0.548. The normalized spacial score (nSPS) is 15.9. The Labute approximate surface area is 173 Å². The van der Waals surface area contributed by atoms with E-state index in [1.165, 1.54) is 30.6 Å². The molecule has 0 aromatic carbocycles. The van der Waals surface area contributed by atoms with E-state index in [-0.39, 0.29) is 11.5 Å². The molecule has 3 aromatic rings. The Balaban J connectivity index is 1.67. The molecule has 3 aromatic heterocycles. The fraction of sp³-hybridized carbons (Fsp3) is 0.429. The molecule has 0 bridgehead atoms. The Hall–Kier alpha value is -2.74. The lowest BCUT2D eigenvalue weighted by atomic mass is 9.84. The van der Waals surface area contributed by atoms with E-state index in [0.29, 0.717) is 17.5 Å². The summed E-state index contributed by atoms with van der Waals surface area (Å²) in [4.78, 5) is 30.4. The van der Waals surface area contributed by atoms with E-state index in [1.807, 2.05) is 18.4 Å². The average Bonchev–Trinajstić information content (AvgIpc) is 3.41. The maximum atomic E-state index is 13.2. The van der Waals surface area contributed by atoms with Crippen molar-refractivity contribution < 1.29 is 4.79 Å². The highest BCUT2D eigenvalue weighted by molar-refractivity contribution is 7.13. The molecule has 0 saturated heterocycles. The van der Waals surface area contributed by atoms with Crippen molar-refractivity contribution in [3.8, 4) is 11.1 Å². The monoisotopic (exact) mass is 411 g/mol. The molecule has 0 spiro atoms. The zero-order chi connectivity index (χ0) is 20.2. The van der Waals surface area contributed by atoms with Gasteiger partial charge in [-0.3, -0.25) is 14.7 Å². The second-order valence-electron chi connectivity index (χ2n) is 7.66. The van der Waals surface area contributed by atoms with Crippen LogP contribution in [0.15, 0.2) is 40.9 Å². The Morgan fingerprint density at radius 2 is 2.14 bits per heavy atom. The smallest absolute Gasteiger partial charge is 0.252 e. The summed E-state index contributed by atoms with van der Waals surface area (Å²) in [5.74, 6) is 0.280. The number of aryl methyl sites for hydroxylation is 1. The van der Waals surface area contributed by atoms with Gasteiger partial charge in [0.05, 0.1) is 6.20 Å². The Morgan fingerprint density at radius 3 is 2.79 bits per heavy atom. The average molecular weight is 412 g/mol. The molecule has 29 heavy (non-hydrogen) atoms. The number of aromatic nitrogens is 4. The molecule has 1 aliphatic carbocycles. The zero-order valence-electron chi connectivity index (χ0n) is 16.4. The van der Waals surface area contributed by atoms with E-state index in [4.69, 9.17) is 0 Å². The van der Waals surface area contributed by atoms with Crippen molar-refractivity contribution in [1.82, 2.24) is 19.7 Å². The minimum Gasteiger partial charge on any atom is -0.300 e. The third kappa shape index (κ3) is 4.48. The van der Waals surface area contributed by atoms with Gasteiger partial charge in [0.2, 0.25) is 5.91 Å². The standard InChI is InChI=1S/C21H25N5O2S/c1-14-9-16(17-12-23-24-13-17)11-19(27)26(14)18(10-15-5-3-2-4-6-15)20(28)25-21-22-7-8-29-21/h7-9,11-13,15,18H,2-6,10H2,1H3,(H,23,24)(H,22,25,28)/t18-/m0/s1. The lowest BCUT2D eigenvalue weighted by Crippen LogP contribution is -2.36. The number of nitrogens with one attached hydrogen (secondary N) is 2. The van der Waals surface area contributed by atoms with Crippen LogP contribution >= 0.6 is 11.3 Å². The summed E-state index contributed by atoms with van der Waals surface area (Å²) >= 11 is 1.38. The number of hydrogen-bond acceptors (Lipinski definition) is 5. The second-order valence-corrected chi connectivity index (χ2v) is 8.56. The van der Waals surface area contributed by atoms with Crippen LogP contribution in [0.2, 0.25) is 0 Å². The molecule has 152 valence electrons. The molecule has 4 rings (SSSR count). The van der Waals surface area contributed by atoms with E-state index in [0.717, 1.165) is 29.7 Å². The number of carbonyl (C=O) groups is 1. The van der Waals surface area contributed by atoms with Crippen LogP contribution in [0.1, 0.15) is 50.3 Å². The predicted molar refractivity (Wildman–Crippen MR) is 114 cm³/mol. The van der Waals surface area contributed by atoms with Gasteiger partial charge in [0.25, 0.3) is 5.56 Å². The zero-order valence-corrected chi connectivity index (χ0v) is 17.2. The van der Waals surface area contributed by atoms with Crippen molar-refractivity contribution in [1.29, 1.82) is 0 Å². The summed E-state index contributed by atoms with van der Waals surface area (Å²) < 4.78 is 1.64. The van der Waals surface area contributed by atoms with E-state index in [2.05, 4.69) is 20.5 Å². The van der Waals surface area contributed by atoms with Gasteiger partial charge in [-0.15, -0.1) is 11.3 Å². The number of carbonyl (C=O) groups excluding carboxylic acids is 1. The molecular weight excluding hydrogens is 386 g/mol. The highest BCUT2D eigenvalue weighted by Gasteiger charge is 2.28. The van der Waals surface area contributed by atoms with Crippen molar-refractivity contribution in [3.63, 3.8) is 0 Å². The van der Waals surface area contributed by atoms with E-state index >= 15 is 0 Å². The quantitative estimate of drug-likeness (QED) is 0.637. The van der Waals surface area contributed by atoms with Crippen LogP contribution in [0.4, 0.5) is 5.13 Å². The summed E-state index contributed by atoms with van der Waals surface area (Å²) in [5.41, 5.74) is 2.25. The maximum absolute atomic E-state index is 13.2. The molecule has 0 aliphatic heterocycles. The van der Waals surface area contributed by atoms with Gasteiger partial charge in [0, 0.05) is 35.1 Å². The molecule has 8 heteroatoms. The third-order valence-corrected chi connectivity index (χ3v) is 6.34. The molecule has 1 saturated carbocycles. The number of H-pyrrole nitrogens is 1. The first kappa shape index (κ1) is 19.6. The van der Waals surface area contributed by atoms with Crippen LogP contribution in [0.3, 0.4) is 0 Å². The fourth-order valence-electron chi connectivity index (χ4n) is 4.23. The van der Waals surface area contributed by atoms with Crippen molar-refractivity contribution >= 4 is 22.4 Å². The van der Waals surface area contributed by atoms with E-state index < -0.39 is 6.04 Å². The molecule has 7 nitrogen and oxygen atoms in total. The summed E-state index contributed by atoms with van der Waals surface area (Å²) in [6, 6.07) is 2.98. The van der Waals surface area contributed by atoms with Crippen molar-refractivity contribution in [3.05, 3.63) is 52.2 Å². The number of rotatable bonds is 6. The van der Waals surface area contributed by atoms with Crippen molar-refractivity contribution in [2.45, 2.75) is 51.5 Å². The number of nitrogens with zero attached hydrogens (tertiary/aromatic N) is 3. The molecule has 1 amide bonds. The number of thiazole rings is 1. The summed E-state index contributed by atoms with van der Waals surface area (Å²) in [6.45, 7) is 1.88. The van der Waals surface area contributed by atoms with Crippen LogP contribution in [0.5, 0.6) is 0 Å². The Kier molecular flexibility index (Phi) is 5.89. The summed E-state index contributed by atoms with van der Waals surface area (Å²) in [5, 5.41) is 12.0. The summed E-state index contributed by atoms with van der Waals surface area (Å²) in [7, 11) is 0. The molecule has 2 N–H and O–H groups in total. The molecule has 1 atom stereocenters. The van der Waals surface area contributed by atoms with E-state index in [9.17, 15) is 9.59 Å². The van der Waals surface area contributed by atoms with Gasteiger partial charge >= 0.3 is 0 Å². The minimum absolute atomic E-state index is 0.170. The van der Waals surface area contributed by atoms with Crippen molar-refractivity contribution in [2.75, 3.05) is 5.32 Å². The first-order valence-corrected chi connectivity index (χ1v) is 10.9. The van der Waals surface area contributed by atoms with Crippen LogP contribution < -0.4 is 10.9 Å². The second kappa shape index (κ2) is 8.73. The topological polar surface area (TPSA) is 92.7 Å². The number of aromatic amines is 1. The van der Waals surface area contributed by atoms with Gasteiger partial charge in [-0.25, -0.2) is 4.98 Å². The van der Waals surface area contributed by atoms with Gasteiger partial charge < -0.3 is 9.88 Å².